The van der Waals surface area contributed by atoms with E-state index >= 15 is 0 Å². The lowest BCUT2D eigenvalue weighted by Crippen LogP contribution is -2.31. The predicted octanol–water partition coefficient (Wildman–Crippen LogP) is -0.0214. The summed E-state index contributed by atoms with van der Waals surface area (Å²) in [6.07, 6.45) is 1.48. The molecule has 0 saturated heterocycles. The Kier molecular flexibility index (Phi) is 2.56. The van der Waals surface area contributed by atoms with Gasteiger partial charge in [0.25, 0.3) is 0 Å². The minimum atomic E-state index is -1.50. The molecule has 0 aromatic carbocycles. The number of nitrogens with zero attached hydrogens (tertiary/aromatic N) is 1. The van der Waals surface area contributed by atoms with Gasteiger partial charge in [-0.05, 0) is 24.5 Å². The normalized spacial score (nSPS) is 9.73. The van der Waals surface area contributed by atoms with Crippen molar-refractivity contribution < 1.29 is 14.4 Å². The number of halogens is 1. The highest BCUT2D eigenvalue weighted by atomic mass is 19.3. The van der Waals surface area contributed by atoms with E-state index in [4.69, 9.17) is 5.02 Å². The second-order valence-electron chi connectivity index (χ2n) is 2.17. The zero-order chi connectivity index (χ0) is 8.27. The Hall–Kier alpha value is -0.935. The molecule has 0 bridgehead atoms. The van der Waals surface area contributed by atoms with Crippen molar-refractivity contribution in [2.45, 2.75) is 6.92 Å². The minimum Gasteiger partial charge on any atom is -0.421 e. The molecule has 1 heterocycles. The van der Waals surface area contributed by atoms with E-state index in [9.17, 15) is 4.53 Å². The van der Waals surface area contributed by atoms with Gasteiger partial charge in [0.05, 0.1) is 0 Å². The summed E-state index contributed by atoms with van der Waals surface area (Å²) in [6, 6.07) is 3.03. The Balaban J connectivity index is 2.86. The van der Waals surface area contributed by atoms with Crippen LogP contribution in [0, 0.1) is 6.92 Å². The van der Waals surface area contributed by atoms with Gasteiger partial charge in [-0.15, -0.1) is 0 Å². The van der Waals surface area contributed by atoms with Crippen molar-refractivity contribution in [2.75, 3.05) is 0 Å². The van der Waals surface area contributed by atoms with Crippen LogP contribution in [0.1, 0.15) is 5.69 Å². The maximum absolute atomic E-state index is 11.4. The molecule has 0 aliphatic rings. The lowest BCUT2D eigenvalue weighted by atomic mass is 9.80. The maximum atomic E-state index is 11.4. The first-order valence-corrected chi connectivity index (χ1v) is 3.12. The van der Waals surface area contributed by atoms with Crippen LogP contribution in [0.2, 0.25) is 0 Å². The van der Waals surface area contributed by atoms with Crippen LogP contribution in [0.15, 0.2) is 18.3 Å². The Labute approximate surface area is 63.9 Å². The van der Waals surface area contributed by atoms with Crippen LogP contribution in [-0.2, 0) is 4.86 Å². The van der Waals surface area contributed by atoms with Gasteiger partial charge in [-0.2, -0.15) is 0 Å². The van der Waals surface area contributed by atoms with Crippen LogP contribution in [0.25, 0.3) is 0 Å². The highest BCUT2D eigenvalue weighted by Gasteiger charge is 2.16. The van der Waals surface area contributed by atoms with Gasteiger partial charge in [0.1, 0.15) is 0 Å². The Morgan fingerprint density at radius 1 is 1.73 bits per heavy atom. The van der Waals surface area contributed by atoms with E-state index in [1.807, 2.05) is 0 Å². The second kappa shape index (κ2) is 3.45. The standard InChI is InChI=1S/C6H7BFNO2/c1-5-4-6(2-3-9-5)7(10)11-8/h2-4,10H,1H3. The molecule has 0 aliphatic heterocycles. The summed E-state index contributed by atoms with van der Waals surface area (Å²) in [6.45, 7) is 1.74. The van der Waals surface area contributed by atoms with Crippen LogP contribution < -0.4 is 5.46 Å². The maximum Gasteiger partial charge on any atom is 0.530 e. The predicted molar refractivity (Wildman–Crippen MR) is 38.8 cm³/mol. The Bertz CT molecular complexity index is 246. The fourth-order valence-electron chi connectivity index (χ4n) is 0.773. The summed E-state index contributed by atoms with van der Waals surface area (Å²) < 4.78 is 11.4. The molecule has 1 aromatic heterocycles. The first kappa shape index (κ1) is 8.16. The van der Waals surface area contributed by atoms with Crippen molar-refractivity contribution in [3.8, 4) is 0 Å². The zero-order valence-corrected chi connectivity index (χ0v) is 5.99. The van der Waals surface area contributed by atoms with E-state index < -0.39 is 7.12 Å². The summed E-state index contributed by atoms with van der Waals surface area (Å²) in [7, 11) is -1.50. The van der Waals surface area contributed by atoms with Gasteiger partial charge in [0.15, 0.2) is 0 Å². The van der Waals surface area contributed by atoms with Crippen LogP contribution >= 0.6 is 0 Å². The molecule has 11 heavy (non-hydrogen) atoms. The van der Waals surface area contributed by atoms with Gasteiger partial charge in [-0.1, -0.05) is 4.53 Å². The van der Waals surface area contributed by atoms with Crippen molar-refractivity contribution >= 4 is 12.6 Å². The van der Waals surface area contributed by atoms with Crippen molar-refractivity contribution in [1.82, 2.24) is 4.98 Å². The van der Waals surface area contributed by atoms with Crippen molar-refractivity contribution in [2.24, 2.45) is 0 Å². The van der Waals surface area contributed by atoms with Gasteiger partial charge in [0, 0.05) is 11.9 Å². The van der Waals surface area contributed by atoms with Crippen LogP contribution in [0.4, 0.5) is 4.53 Å². The zero-order valence-electron chi connectivity index (χ0n) is 5.99. The molecule has 0 radical (unpaired) electrons. The van der Waals surface area contributed by atoms with E-state index in [0.29, 0.717) is 11.2 Å². The third-order valence-corrected chi connectivity index (χ3v) is 1.29. The molecular formula is C6H7BFNO2. The number of aryl methyl sites for hydroxylation is 1. The van der Waals surface area contributed by atoms with Crippen LogP contribution in [0.3, 0.4) is 0 Å². The number of hydrogen-bond acceptors (Lipinski definition) is 3. The van der Waals surface area contributed by atoms with E-state index in [0.717, 1.165) is 0 Å². The smallest absolute Gasteiger partial charge is 0.421 e. The first-order valence-electron chi connectivity index (χ1n) is 3.12. The van der Waals surface area contributed by atoms with Gasteiger partial charge in [0.2, 0.25) is 0 Å². The molecule has 0 spiro atoms. The molecule has 0 amide bonds. The van der Waals surface area contributed by atoms with Gasteiger partial charge in [-0.25, -0.2) is 4.86 Å². The van der Waals surface area contributed by atoms with Crippen molar-refractivity contribution in [3.05, 3.63) is 24.0 Å². The highest BCUT2D eigenvalue weighted by Crippen LogP contribution is 1.90. The van der Waals surface area contributed by atoms with E-state index in [-0.39, 0.29) is 0 Å². The molecule has 1 N–H and O–H groups in total. The molecule has 3 nitrogen and oxygen atoms in total. The molecule has 58 valence electrons. The summed E-state index contributed by atoms with van der Waals surface area (Å²) in [5, 5.41) is 8.83. The average molecular weight is 155 g/mol. The topological polar surface area (TPSA) is 42.4 Å². The van der Waals surface area contributed by atoms with E-state index in [1.54, 1.807) is 13.0 Å². The SMILES string of the molecule is Cc1cc(B(O)OF)ccn1. The fraction of sp³-hybridized carbons (Fsp3) is 0.167. The molecular weight excluding hydrogens is 148 g/mol. The van der Waals surface area contributed by atoms with Crippen LogP contribution in [-0.4, -0.2) is 17.1 Å². The molecule has 0 saturated carbocycles. The summed E-state index contributed by atoms with van der Waals surface area (Å²) in [5.41, 5.74) is 1.07. The quantitative estimate of drug-likeness (QED) is 0.610. The van der Waals surface area contributed by atoms with Gasteiger partial charge < -0.3 is 5.02 Å². The Morgan fingerprint density at radius 3 is 3.00 bits per heavy atom. The van der Waals surface area contributed by atoms with Crippen molar-refractivity contribution in [3.63, 3.8) is 0 Å². The number of aromatic nitrogens is 1. The van der Waals surface area contributed by atoms with Crippen LogP contribution in [0.5, 0.6) is 0 Å². The molecule has 0 fully saturated rings. The average Bonchev–Trinajstić information content (AvgIpc) is 2.03. The summed E-state index contributed by atoms with van der Waals surface area (Å²) >= 11 is 0. The molecule has 1 rings (SSSR count). The summed E-state index contributed by atoms with van der Waals surface area (Å²) in [4.78, 5) is 7.09. The second-order valence-corrected chi connectivity index (χ2v) is 2.17. The molecule has 0 aliphatic carbocycles. The number of rotatable bonds is 2. The summed E-state index contributed by atoms with van der Waals surface area (Å²) in [5.74, 6) is 0. The molecule has 1 aromatic rings. The monoisotopic (exact) mass is 155 g/mol. The lowest BCUT2D eigenvalue weighted by molar-refractivity contribution is -0.0267. The highest BCUT2D eigenvalue weighted by molar-refractivity contribution is 6.59. The van der Waals surface area contributed by atoms with E-state index in [1.165, 1.54) is 12.3 Å². The number of pyridine rings is 1. The molecule has 0 unspecified atom stereocenters. The third kappa shape index (κ3) is 1.99. The first-order chi connectivity index (χ1) is 5.24. The largest absolute Gasteiger partial charge is 0.530 e. The van der Waals surface area contributed by atoms with Crippen molar-refractivity contribution in [1.29, 1.82) is 0 Å². The third-order valence-electron chi connectivity index (χ3n) is 1.29. The van der Waals surface area contributed by atoms with Gasteiger partial charge >= 0.3 is 7.12 Å². The lowest BCUT2D eigenvalue weighted by Gasteiger charge is -1.99. The fourth-order valence-corrected chi connectivity index (χ4v) is 0.773. The minimum absolute atomic E-state index is 0.361. The molecule has 5 heteroatoms. The van der Waals surface area contributed by atoms with Gasteiger partial charge in [-0.3, -0.25) is 4.98 Å². The molecule has 0 atom stereocenters. The Morgan fingerprint density at radius 2 is 2.45 bits per heavy atom. The number of hydrogen-bond donors (Lipinski definition) is 1. The van der Waals surface area contributed by atoms with E-state index in [2.05, 4.69) is 9.84 Å².